The van der Waals surface area contributed by atoms with Crippen LogP contribution < -0.4 is 9.47 Å². The molecule has 110 valence electrons. The van der Waals surface area contributed by atoms with Gasteiger partial charge in [-0.25, -0.2) is 0 Å². The van der Waals surface area contributed by atoms with Crippen molar-refractivity contribution < 1.29 is 19.1 Å². The zero-order valence-electron chi connectivity index (χ0n) is 12.1. The standard InChI is InChI=1S/C17H13NO4/c1-10-7-13(21-11(2)19)9-14-16(10)17(20)15(22-14)8-12-5-3-4-6-18-12/h3-9H,1-2H3/b15-8-. The molecule has 0 amide bonds. The summed E-state index contributed by atoms with van der Waals surface area (Å²) < 4.78 is 10.7. The van der Waals surface area contributed by atoms with E-state index in [0.717, 1.165) is 0 Å². The summed E-state index contributed by atoms with van der Waals surface area (Å²) in [5.74, 6) is 0.330. The number of nitrogens with zero attached hydrogens (tertiary/aromatic N) is 1. The quantitative estimate of drug-likeness (QED) is 0.484. The number of fused-ring (bicyclic) bond motifs is 1. The summed E-state index contributed by atoms with van der Waals surface area (Å²) in [6.45, 7) is 3.10. The Morgan fingerprint density at radius 3 is 2.82 bits per heavy atom. The molecule has 1 aromatic heterocycles. The molecule has 0 unspecified atom stereocenters. The predicted octanol–water partition coefficient (Wildman–Crippen LogP) is 2.93. The number of carbonyl (C=O) groups excluding carboxylic acids is 2. The van der Waals surface area contributed by atoms with Gasteiger partial charge in [0.25, 0.3) is 0 Å². The number of ketones is 1. The average Bonchev–Trinajstić information content (AvgIpc) is 2.76. The minimum absolute atomic E-state index is 0.201. The van der Waals surface area contributed by atoms with Crippen LogP contribution in [0.15, 0.2) is 42.3 Å². The molecule has 0 N–H and O–H groups in total. The Labute approximate surface area is 127 Å². The lowest BCUT2D eigenvalue weighted by molar-refractivity contribution is -0.131. The Kier molecular flexibility index (Phi) is 3.47. The first-order valence-electron chi connectivity index (χ1n) is 6.73. The smallest absolute Gasteiger partial charge is 0.308 e. The Bertz CT molecular complexity index is 794. The number of hydrogen-bond acceptors (Lipinski definition) is 5. The van der Waals surface area contributed by atoms with Crippen molar-refractivity contribution in [2.45, 2.75) is 13.8 Å². The van der Waals surface area contributed by atoms with Crippen molar-refractivity contribution in [3.05, 3.63) is 59.1 Å². The summed E-state index contributed by atoms with van der Waals surface area (Å²) in [6.07, 6.45) is 3.23. The lowest BCUT2D eigenvalue weighted by Crippen LogP contribution is -2.02. The number of aryl methyl sites for hydroxylation is 1. The van der Waals surface area contributed by atoms with E-state index in [1.165, 1.54) is 6.92 Å². The maximum Gasteiger partial charge on any atom is 0.308 e. The van der Waals surface area contributed by atoms with E-state index in [2.05, 4.69) is 4.98 Å². The molecule has 0 bridgehead atoms. The second kappa shape index (κ2) is 5.44. The Morgan fingerprint density at radius 2 is 2.14 bits per heavy atom. The van der Waals surface area contributed by atoms with Gasteiger partial charge in [0.1, 0.15) is 11.5 Å². The number of ether oxygens (including phenoxy) is 2. The van der Waals surface area contributed by atoms with E-state index in [1.54, 1.807) is 43.5 Å². The van der Waals surface area contributed by atoms with Crippen LogP contribution >= 0.6 is 0 Å². The lowest BCUT2D eigenvalue weighted by atomic mass is 10.0. The van der Waals surface area contributed by atoms with Crippen LogP contribution in [0.5, 0.6) is 11.5 Å². The molecule has 0 radical (unpaired) electrons. The van der Waals surface area contributed by atoms with Crippen LogP contribution in [0.1, 0.15) is 28.5 Å². The van der Waals surface area contributed by atoms with Crippen LogP contribution in [0.4, 0.5) is 0 Å². The lowest BCUT2D eigenvalue weighted by Gasteiger charge is -2.05. The van der Waals surface area contributed by atoms with Gasteiger partial charge in [-0.2, -0.15) is 0 Å². The second-order valence-electron chi connectivity index (χ2n) is 4.90. The summed E-state index contributed by atoms with van der Waals surface area (Å²) >= 11 is 0. The third-order valence-corrected chi connectivity index (χ3v) is 3.17. The first-order chi connectivity index (χ1) is 10.5. The van der Waals surface area contributed by atoms with Gasteiger partial charge in [-0.1, -0.05) is 6.07 Å². The summed E-state index contributed by atoms with van der Waals surface area (Å²) in [4.78, 5) is 27.6. The first-order valence-corrected chi connectivity index (χ1v) is 6.73. The minimum Gasteiger partial charge on any atom is -0.452 e. The van der Waals surface area contributed by atoms with Gasteiger partial charge in [0.05, 0.1) is 11.3 Å². The number of carbonyl (C=O) groups is 2. The van der Waals surface area contributed by atoms with Crippen LogP contribution in [0.25, 0.3) is 6.08 Å². The number of esters is 1. The van der Waals surface area contributed by atoms with Crippen molar-refractivity contribution in [1.82, 2.24) is 4.98 Å². The van der Waals surface area contributed by atoms with Crippen molar-refractivity contribution in [3.8, 4) is 11.5 Å². The molecule has 5 heteroatoms. The predicted molar refractivity (Wildman–Crippen MR) is 79.7 cm³/mol. The van der Waals surface area contributed by atoms with E-state index in [4.69, 9.17) is 9.47 Å². The molecule has 0 aliphatic carbocycles. The van der Waals surface area contributed by atoms with Crippen LogP contribution in [-0.2, 0) is 4.79 Å². The van der Waals surface area contributed by atoms with E-state index in [1.807, 2.05) is 6.07 Å². The van der Waals surface area contributed by atoms with Gasteiger partial charge >= 0.3 is 5.97 Å². The molecule has 0 spiro atoms. The van der Waals surface area contributed by atoms with Gasteiger partial charge in [-0.15, -0.1) is 0 Å². The average molecular weight is 295 g/mol. The van der Waals surface area contributed by atoms with Crippen molar-refractivity contribution in [2.24, 2.45) is 0 Å². The zero-order valence-corrected chi connectivity index (χ0v) is 12.1. The van der Waals surface area contributed by atoms with E-state index >= 15 is 0 Å². The number of hydrogen-bond donors (Lipinski definition) is 0. The SMILES string of the molecule is CC(=O)Oc1cc(C)c2c(c1)O/C(=C\c1ccccn1)C2=O. The van der Waals surface area contributed by atoms with E-state index < -0.39 is 5.97 Å². The van der Waals surface area contributed by atoms with Gasteiger partial charge < -0.3 is 9.47 Å². The molecule has 1 aromatic carbocycles. The summed E-state index contributed by atoms with van der Waals surface area (Å²) in [5, 5.41) is 0. The highest BCUT2D eigenvalue weighted by atomic mass is 16.5. The van der Waals surface area contributed by atoms with E-state index in [9.17, 15) is 9.59 Å². The highest BCUT2D eigenvalue weighted by Crippen LogP contribution is 2.37. The van der Waals surface area contributed by atoms with E-state index in [0.29, 0.717) is 28.3 Å². The third kappa shape index (κ3) is 2.61. The number of benzene rings is 1. The number of Topliss-reactive ketones (excluding diaryl/α,β-unsaturated/α-hetero) is 1. The normalized spacial score (nSPS) is 14.6. The molecule has 0 atom stereocenters. The molecule has 5 nitrogen and oxygen atoms in total. The number of rotatable bonds is 2. The maximum absolute atomic E-state index is 12.4. The van der Waals surface area contributed by atoms with Crippen molar-refractivity contribution in [3.63, 3.8) is 0 Å². The Hall–Kier alpha value is -2.95. The number of aromatic nitrogens is 1. The summed E-state index contributed by atoms with van der Waals surface area (Å²) in [6, 6.07) is 8.59. The molecule has 2 aromatic rings. The fourth-order valence-electron chi connectivity index (χ4n) is 2.30. The van der Waals surface area contributed by atoms with Crippen molar-refractivity contribution >= 4 is 17.8 Å². The maximum atomic E-state index is 12.4. The minimum atomic E-state index is -0.423. The molecule has 22 heavy (non-hydrogen) atoms. The van der Waals surface area contributed by atoms with Crippen LogP contribution in [0.3, 0.4) is 0 Å². The van der Waals surface area contributed by atoms with E-state index in [-0.39, 0.29) is 11.5 Å². The molecular formula is C17H13NO4. The fourth-order valence-corrected chi connectivity index (χ4v) is 2.30. The van der Waals surface area contributed by atoms with Crippen LogP contribution in [-0.4, -0.2) is 16.7 Å². The molecule has 2 heterocycles. The Morgan fingerprint density at radius 1 is 1.32 bits per heavy atom. The molecule has 1 aliphatic heterocycles. The van der Waals surface area contributed by atoms with Gasteiger partial charge in [0.15, 0.2) is 5.76 Å². The fraction of sp³-hybridized carbons (Fsp3) is 0.118. The molecule has 1 aliphatic rings. The van der Waals surface area contributed by atoms with Gasteiger partial charge in [0.2, 0.25) is 5.78 Å². The molecular weight excluding hydrogens is 282 g/mol. The van der Waals surface area contributed by atoms with Crippen LogP contribution in [0.2, 0.25) is 0 Å². The molecule has 0 fully saturated rings. The zero-order chi connectivity index (χ0) is 15.7. The number of pyridine rings is 1. The molecule has 0 saturated heterocycles. The molecule has 3 rings (SSSR count). The number of allylic oxidation sites excluding steroid dienone is 1. The highest BCUT2D eigenvalue weighted by molar-refractivity contribution is 6.15. The topological polar surface area (TPSA) is 65.5 Å². The van der Waals surface area contributed by atoms with Gasteiger partial charge in [0, 0.05) is 25.3 Å². The van der Waals surface area contributed by atoms with Gasteiger partial charge in [-0.3, -0.25) is 14.6 Å². The summed E-state index contributed by atoms with van der Waals surface area (Å²) in [7, 11) is 0. The van der Waals surface area contributed by atoms with Gasteiger partial charge in [-0.05, 0) is 30.7 Å². The summed E-state index contributed by atoms with van der Waals surface area (Å²) in [5.41, 5.74) is 1.82. The largest absolute Gasteiger partial charge is 0.452 e. The van der Waals surface area contributed by atoms with Crippen LogP contribution in [0, 0.1) is 6.92 Å². The Balaban J connectivity index is 1.98. The molecule has 0 saturated carbocycles. The monoisotopic (exact) mass is 295 g/mol. The highest BCUT2D eigenvalue weighted by Gasteiger charge is 2.30. The second-order valence-corrected chi connectivity index (χ2v) is 4.90. The van der Waals surface area contributed by atoms with Crippen molar-refractivity contribution in [1.29, 1.82) is 0 Å². The van der Waals surface area contributed by atoms with Crippen molar-refractivity contribution in [2.75, 3.05) is 0 Å². The first kappa shape index (κ1) is 14.0. The third-order valence-electron chi connectivity index (χ3n) is 3.17.